The zero-order valence-electron chi connectivity index (χ0n) is 12.0. The van der Waals surface area contributed by atoms with Crippen molar-refractivity contribution in [2.24, 2.45) is 11.3 Å². The van der Waals surface area contributed by atoms with Crippen LogP contribution in [0.1, 0.15) is 59.8 Å². The summed E-state index contributed by atoms with van der Waals surface area (Å²) in [4.78, 5) is 2.66. The largest absolute Gasteiger partial charge is 0.300 e. The standard InChI is InChI=1S/C15H28N2/c1-13(2)11-17(14-7-8-14)10-6-5-9-15(3,4)12-16/h13-14H,5-11H2,1-4H3. The summed E-state index contributed by atoms with van der Waals surface area (Å²) in [6, 6.07) is 3.26. The van der Waals surface area contributed by atoms with Gasteiger partial charge in [0.05, 0.1) is 11.5 Å². The molecule has 0 bridgehead atoms. The highest BCUT2D eigenvalue weighted by atomic mass is 15.2. The summed E-state index contributed by atoms with van der Waals surface area (Å²) >= 11 is 0. The second kappa shape index (κ2) is 6.40. The molecule has 0 atom stereocenters. The summed E-state index contributed by atoms with van der Waals surface area (Å²) in [5, 5.41) is 8.96. The van der Waals surface area contributed by atoms with Crippen molar-refractivity contribution in [2.45, 2.75) is 65.8 Å². The molecule has 1 aliphatic rings. The summed E-state index contributed by atoms with van der Waals surface area (Å²) in [5.41, 5.74) is -0.136. The Hall–Kier alpha value is -0.550. The van der Waals surface area contributed by atoms with Crippen LogP contribution in [0.25, 0.3) is 0 Å². The molecule has 0 aromatic rings. The minimum absolute atomic E-state index is 0.136. The molecular weight excluding hydrogens is 208 g/mol. The zero-order chi connectivity index (χ0) is 12.9. The van der Waals surface area contributed by atoms with Crippen LogP contribution in [0.5, 0.6) is 0 Å². The molecular formula is C15H28N2. The van der Waals surface area contributed by atoms with Gasteiger partial charge in [0.25, 0.3) is 0 Å². The summed E-state index contributed by atoms with van der Waals surface area (Å²) < 4.78 is 0. The van der Waals surface area contributed by atoms with Crippen molar-refractivity contribution >= 4 is 0 Å². The Morgan fingerprint density at radius 2 is 1.94 bits per heavy atom. The van der Waals surface area contributed by atoms with Gasteiger partial charge in [-0.1, -0.05) is 20.3 Å². The van der Waals surface area contributed by atoms with Gasteiger partial charge in [-0.2, -0.15) is 5.26 Å². The molecule has 0 unspecified atom stereocenters. The number of unbranched alkanes of at least 4 members (excludes halogenated alkanes) is 1. The molecule has 0 aromatic carbocycles. The van der Waals surface area contributed by atoms with E-state index in [0.717, 1.165) is 18.4 Å². The maximum atomic E-state index is 8.96. The van der Waals surface area contributed by atoms with Crippen LogP contribution in [0.15, 0.2) is 0 Å². The lowest BCUT2D eigenvalue weighted by molar-refractivity contribution is 0.226. The van der Waals surface area contributed by atoms with E-state index in [1.165, 1.54) is 38.8 Å². The summed E-state index contributed by atoms with van der Waals surface area (Å²) in [5.74, 6) is 0.770. The summed E-state index contributed by atoms with van der Waals surface area (Å²) in [6.07, 6.45) is 6.26. The molecule has 1 fully saturated rings. The molecule has 0 amide bonds. The van der Waals surface area contributed by atoms with Gasteiger partial charge in [-0.15, -0.1) is 0 Å². The summed E-state index contributed by atoms with van der Waals surface area (Å²) in [7, 11) is 0. The fraction of sp³-hybridized carbons (Fsp3) is 0.933. The predicted octanol–water partition coefficient (Wildman–Crippen LogP) is 3.83. The molecule has 0 radical (unpaired) electrons. The molecule has 1 saturated carbocycles. The van der Waals surface area contributed by atoms with Crippen molar-refractivity contribution in [3.05, 3.63) is 0 Å². The molecule has 1 rings (SSSR count). The van der Waals surface area contributed by atoms with Crippen LogP contribution in [0.3, 0.4) is 0 Å². The lowest BCUT2D eigenvalue weighted by Gasteiger charge is -2.24. The molecule has 0 saturated heterocycles. The molecule has 1 aliphatic carbocycles. The van der Waals surface area contributed by atoms with E-state index < -0.39 is 0 Å². The van der Waals surface area contributed by atoms with E-state index in [1.54, 1.807) is 0 Å². The number of rotatable bonds is 8. The van der Waals surface area contributed by atoms with Crippen LogP contribution < -0.4 is 0 Å². The van der Waals surface area contributed by atoms with E-state index in [4.69, 9.17) is 5.26 Å². The maximum Gasteiger partial charge on any atom is 0.0683 e. The highest BCUT2D eigenvalue weighted by Gasteiger charge is 2.28. The second-order valence-electron chi connectivity index (χ2n) is 6.57. The average molecular weight is 236 g/mol. The van der Waals surface area contributed by atoms with Crippen molar-refractivity contribution < 1.29 is 0 Å². The molecule has 2 nitrogen and oxygen atoms in total. The van der Waals surface area contributed by atoms with Crippen molar-refractivity contribution in [3.63, 3.8) is 0 Å². The van der Waals surface area contributed by atoms with E-state index in [9.17, 15) is 0 Å². The van der Waals surface area contributed by atoms with Gasteiger partial charge in [0, 0.05) is 12.6 Å². The first-order valence-corrected chi connectivity index (χ1v) is 7.10. The van der Waals surface area contributed by atoms with E-state index in [-0.39, 0.29) is 5.41 Å². The molecule has 0 aliphatic heterocycles. The Balaban J connectivity index is 2.17. The Bertz CT molecular complexity index is 259. The van der Waals surface area contributed by atoms with E-state index in [0.29, 0.717) is 0 Å². The first-order valence-electron chi connectivity index (χ1n) is 7.10. The van der Waals surface area contributed by atoms with Gasteiger partial charge in [-0.3, -0.25) is 0 Å². The van der Waals surface area contributed by atoms with Crippen molar-refractivity contribution in [3.8, 4) is 6.07 Å². The van der Waals surface area contributed by atoms with Gasteiger partial charge >= 0.3 is 0 Å². The van der Waals surface area contributed by atoms with E-state index >= 15 is 0 Å². The number of hydrogen-bond donors (Lipinski definition) is 0. The third-order valence-corrected chi connectivity index (χ3v) is 3.46. The van der Waals surface area contributed by atoms with Crippen molar-refractivity contribution in [1.29, 1.82) is 5.26 Å². The quantitative estimate of drug-likeness (QED) is 0.599. The molecule has 2 heteroatoms. The predicted molar refractivity (Wildman–Crippen MR) is 72.7 cm³/mol. The monoisotopic (exact) mass is 236 g/mol. The maximum absolute atomic E-state index is 8.96. The van der Waals surface area contributed by atoms with E-state index in [1.807, 2.05) is 13.8 Å². The molecule has 0 spiro atoms. The number of nitrogens with zero attached hydrogens (tertiary/aromatic N) is 2. The van der Waals surface area contributed by atoms with Crippen LogP contribution in [-0.4, -0.2) is 24.0 Å². The first-order chi connectivity index (χ1) is 7.94. The molecule has 0 N–H and O–H groups in total. The second-order valence-corrected chi connectivity index (χ2v) is 6.57. The minimum atomic E-state index is -0.136. The SMILES string of the molecule is CC(C)CN(CCCCC(C)(C)C#N)C1CC1. The molecule has 17 heavy (non-hydrogen) atoms. The smallest absolute Gasteiger partial charge is 0.0683 e. The Morgan fingerprint density at radius 1 is 1.29 bits per heavy atom. The fourth-order valence-electron chi connectivity index (χ4n) is 2.27. The lowest BCUT2D eigenvalue weighted by Crippen LogP contribution is -2.31. The van der Waals surface area contributed by atoms with Crippen molar-refractivity contribution in [2.75, 3.05) is 13.1 Å². The van der Waals surface area contributed by atoms with E-state index in [2.05, 4.69) is 24.8 Å². The lowest BCUT2D eigenvalue weighted by atomic mass is 9.89. The van der Waals surface area contributed by atoms with Gasteiger partial charge in [0.1, 0.15) is 0 Å². The van der Waals surface area contributed by atoms with Gasteiger partial charge in [0.2, 0.25) is 0 Å². The zero-order valence-corrected chi connectivity index (χ0v) is 12.0. The fourth-order valence-corrected chi connectivity index (χ4v) is 2.27. The highest BCUT2D eigenvalue weighted by Crippen LogP contribution is 2.28. The summed E-state index contributed by atoms with van der Waals surface area (Å²) in [6.45, 7) is 11.2. The van der Waals surface area contributed by atoms with Crippen LogP contribution >= 0.6 is 0 Å². The van der Waals surface area contributed by atoms with Crippen LogP contribution in [0, 0.1) is 22.7 Å². The topological polar surface area (TPSA) is 27.0 Å². The Labute approximate surface area is 107 Å². The van der Waals surface area contributed by atoms with Crippen LogP contribution in [0.2, 0.25) is 0 Å². The van der Waals surface area contributed by atoms with Gasteiger partial charge in [0.15, 0.2) is 0 Å². The van der Waals surface area contributed by atoms with Gasteiger partial charge < -0.3 is 4.90 Å². The normalized spacial score (nSPS) is 16.5. The van der Waals surface area contributed by atoms with Crippen LogP contribution in [0.4, 0.5) is 0 Å². The Kier molecular flexibility index (Phi) is 5.46. The molecule has 0 aromatic heterocycles. The highest BCUT2D eigenvalue weighted by molar-refractivity contribution is 4.91. The van der Waals surface area contributed by atoms with Gasteiger partial charge in [-0.25, -0.2) is 0 Å². The minimum Gasteiger partial charge on any atom is -0.300 e. The van der Waals surface area contributed by atoms with Gasteiger partial charge in [-0.05, 0) is 52.0 Å². The number of nitriles is 1. The molecule has 98 valence electrons. The third-order valence-electron chi connectivity index (χ3n) is 3.46. The third kappa shape index (κ3) is 6.07. The molecule has 0 heterocycles. The van der Waals surface area contributed by atoms with Crippen LogP contribution in [-0.2, 0) is 0 Å². The average Bonchev–Trinajstić information content (AvgIpc) is 3.06. The first kappa shape index (κ1) is 14.5. The Morgan fingerprint density at radius 3 is 2.41 bits per heavy atom. The van der Waals surface area contributed by atoms with Crippen molar-refractivity contribution in [1.82, 2.24) is 4.90 Å². The number of hydrogen-bond acceptors (Lipinski definition) is 2.